The van der Waals surface area contributed by atoms with Gasteiger partial charge in [0.1, 0.15) is 18.8 Å². The molecule has 8 nitrogen and oxygen atoms in total. The minimum absolute atomic E-state index is 0.0387. The third kappa shape index (κ3) is 7.24. The quantitative estimate of drug-likeness (QED) is 0.502. The van der Waals surface area contributed by atoms with Crippen molar-refractivity contribution in [3.05, 3.63) is 71.8 Å². The maximum Gasteiger partial charge on any atom is 0.410 e. The Bertz CT molecular complexity index is 942. The lowest BCUT2D eigenvalue weighted by Gasteiger charge is -2.39. The van der Waals surface area contributed by atoms with Gasteiger partial charge in [-0.05, 0) is 31.9 Å². The Balaban J connectivity index is 1.65. The van der Waals surface area contributed by atoms with Crippen LogP contribution in [-0.2, 0) is 32.2 Å². The fraction of sp³-hybridized carbons (Fsp3) is 0.400. The molecule has 0 bridgehead atoms. The van der Waals surface area contributed by atoms with Crippen LogP contribution in [0.2, 0.25) is 0 Å². The normalized spacial score (nSPS) is 16.2. The molecule has 1 aliphatic heterocycles. The molecule has 0 unspecified atom stereocenters. The van der Waals surface area contributed by atoms with Crippen LogP contribution >= 0.6 is 0 Å². The highest BCUT2D eigenvalue weighted by molar-refractivity contribution is 5.83. The number of hydrogen-bond donors (Lipinski definition) is 0. The number of hydrogen-bond acceptors (Lipinski definition) is 6. The van der Waals surface area contributed by atoms with E-state index < -0.39 is 29.8 Å². The van der Waals surface area contributed by atoms with Crippen LogP contribution < -0.4 is 0 Å². The van der Waals surface area contributed by atoms with Crippen molar-refractivity contribution in [3.63, 3.8) is 0 Å². The fourth-order valence-corrected chi connectivity index (χ4v) is 3.35. The van der Waals surface area contributed by atoms with Crippen LogP contribution in [0.5, 0.6) is 0 Å². The first kappa shape index (κ1) is 24.1. The highest BCUT2D eigenvalue weighted by Gasteiger charge is 2.40. The number of benzene rings is 2. The van der Waals surface area contributed by atoms with Crippen molar-refractivity contribution in [2.45, 2.75) is 45.6 Å². The Hall–Kier alpha value is -3.55. The molecule has 0 spiro atoms. The molecule has 1 heterocycles. The number of carbonyl (C=O) groups is 3. The van der Waals surface area contributed by atoms with Crippen LogP contribution in [0, 0.1) is 0 Å². The predicted molar refractivity (Wildman–Crippen MR) is 121 cm³/mol. The smallest absolute Gasteiger partial charge is 0.410 e. The third-order valence-corrected chi connectivity index (χ3v) is 4.96. The van der Waals surface area contributed by atoms with Crippen LogP contribution in [0.1, 0.15) is 31.9 Å². The van der Waals surface area contributed by atoms with Crippen LogP contribution in [-0.4, -0.2) is 59.2 Å². The van der Waals surface area contributed by atoms with E-state index in [0.717, 1.165) is 11.1 Å². The summed E-state index contributed by atoms with van der Waals surface area (Å²) in [5, 5.41) is 0. The largest absolute Gasteiger partial charge is 0.458 e. The first-order valence-electron chi connectivity index (χ1n) is 10.9. The molecule has 0 aliphatic carbocycles. The van der Waals surface area contributed by atoms with E-state index in [2.05, 4.69) is 0 Å². The van der Waals surface area contributed by atoms with Gasteiger partial charge < -0.3 is 19.1 Å². The molecule has 0 N–H and O–H groups in total. The lowest BCUT2D eigenvalue weighted by atomic mass is 10.1. The number of nitrogens with zero attached hydrogens (tertiary/aromatic N) is 2. The summed E-state index contributed by atoms with van der Waals surface area (Å²) >= 11 is 0. The van der Waals surface area contributed by atoms with Crippen molar-refractivity contribution < 1.29 is 28.6 Å². The maximum absolute atomic E-state index is 12.9. The number of piperazine rings is 1. The summed E-state index contributed by atoms with van der Waals surface area (Å²) < 4.78 is 16.3. The van der Waals surface area contributed by atoms with Gasteiger partial charge in [-0.3, -0.25) is 4.90 Å². The molecule has 2 amide bonds. The van der Waals surface area contributed by atoms with Gasteiger partial charge in [0.2, 0.25) is 0 Å². The molecule has 2 aromatic carbocycles. The van der Waals surface area contributed by atoms with Gasteiger partial charge >= 0.3 is 18.2 Å². The standard InChI is InChI=1S/C25H30N2O6/c1-25(2,3)33-22(28)21-16-26(23(29)31-17-19-10-6-4-7-11-19)14-15-27(21)24(30)32-18-20-12-8-5-9-13-20/h4-13,21H,14-18H2,1-3H3/t21-/m1/s1. The number of ether oxygens (including phenoxy) is 3. The number of esters is 1. The van der Waals surface area contributed by atoms with Crippen molar-refractivity contribution in [2.75, 3.05) is 19.6 Å². The van der Waals surface area contributed by atoms with E-state index in [1.165, 1.54) is 9.80 Å². The second-order valence-electron chi connectivity index (χ2n) is 8.77. The monoisotopic (exact) mass is 454 g/mol. The molecule has 1 aliphatic rings. The Morgan fingerprint density at radius 2 is 1.33 bits per heavy atom. The Morgan fingerprint density at radius 1 is 0.818 bits per heavy atom. The van der Waals surface area contributed by atoms with Crippen molar-refractivity contribution in [3.8, 4) is 0 Å². The minimum Gasteiger partial charge on any atom is -0.458 e. The van der Waals surface area contributed by atoms with Gasteiger partial charge in [-0.2, -0.15) is 0 Å². The first-order valence-corrected chi connectivity index (χ1v) is 10.9. The summed E-state index contributed by atoms with van der Waals surface area (Å²) in [7, 11) is 0. The van der Waals surface area contributed by atoms with Crippen LogP contribution in [0.4, 0.5) is 9.59 Å². The molecule has 1 atom stereocenters. The molecule has 3 rings (SSSR count). The second kappa shape index (κ2) is 10.8. The van der Waals surface area contributed by atoms with Gasteiger partial charge in [-0.1, -0.05) is 60.7 Å². The molecule has 1 fully saturated rings. The van der Waals surface area contributed by atoms with E-state index in [1.54, 1.807) is 20.8 Å². The van der Waals surface area contributed by atoms with Gasteiger partial charge in [0.25, 0.3) is 0 Å². The molecule has 2 aromatic rings. The molecule has 33 heavy (non-hydrogen) atoms. The highest BCUT2D eigenvalue weighted by atomic mass is 16.6. The second-order valence-corrected chi connectivity index (χ2v) is 8.77. The average Bonchev–Trinajstić information content (AvgIpc) is 2.81. The van der Waals surface area contributed by atoms with E-state index in [1.807, 2.05) is 60.7 Å². The summed E-state index contributed by atoms with van der Waals surface area (Å²) in [6.07, 6.45) is -1.18. The van der Waals surface area contributed by atoms with Crippen molar-refractivity contribution in [1.82, 2.24) is 9.80 Å². The SMILES string of the molecule is CC(C)(C)OC(=O)[C@H]1CN(C(=O)OCc2ccccc2)CCN1C(=O)OCc1ccccc1. The molecule has 0 saturated carbocycles. The van der Waals surface area contributed by atoms with E-state index in [-0.39, 0.29) is 32.8 Å². The van der Waals surface area contributed by atoms with Gasteiger partial charge in [-0.15, -0.1) is 0 Å². The number of rotatable bonds is 5. The molecular formula is C25H30N2O6. The average molecular weight is 455 g/mol. The lowest BCUT2D eigenvalue weighted by Crippen LogP contribution is -2.60. The minimum atomic E-state index is -0.995. The van der Waals surface area contributed by atoms with Gasteiger partial charge in [0.15, 0.2) is 6.04 Å². The summed E-state index contributed by atoms with van der Waals surface area (Å²) in [5.74, 6) is -0.597. The van der Waals surface area contributed by atoms with Crippen molar-refractivity contribution in [1.29, 1.82) is 0 Å². The first-order chi connectivity index (χ1) is 15.7. The van der Waals surface area contributed by atoms with E-state index in [9.17, 15) is 14.4 Å². The van der Waals surface area contributed by atoms with Crippen molar-refractivity contribution >= 4 is 18.2 Å². The van der Waals surface area contributed by atoms with Crippen molar-refractivity contribution in [2.24, 2.45) is 0 Å². The molecule has 0 radical (unpaired) electrons. The lowest BCUT2D eigenvalue weighted by molar-refractivity contribution is -0.162. The fourth-order valence-electron chi connectivity index (χ4n) is 3.35. The molecular weight excluding hydrogens is 424 g/mol. The number of carbonyl (C=O) groups excluding carboxylic acids is 3. The number of amides is 2. The summed E-state index contributed by atoms with van der Waals surface area (Å²) in [4.78, 5) is 41.1. The third-order valence-electron chi connectivity index (χ3n) is 4.96. The molecule has 8 heteroatoms. The van der Waals surface area contributed by atoms with Gasteiger partial charge in [0.05, 0.1) is 6.54 Å². The van der Waals surface area contributed by atoms with E-state index in [0.29, 0.717) is 0 Å². The Labute approximate surface area is 194 Å². The predicted octanol–water partition coefficient (Wildman–Crippen LogP) is 3.99. The van der Waals surface area contributed by atoms with Gasteiger partial charge in [0, 0.05) is 13.1 Å². The van der Waals surface area contributed by atoms with Crippen LogP contribution in [0.3, 0.4) is 0 Å². The summed E-state index contributed by atoms with van der Waals surface area (Å²) in [6.45, 7) is 5.75. The van der Waals surface area contributed by atoms with Crippen LogP contribution in [0.15, 0.2) is 60.7 Å². The Morgan fingerprint density at radius 3 is 1.85 bits per heavy atom. The molecule has 1 saturated heterocycles. The molecule has 176 valence electrons. The zero-order valence-corrected chi connectivity index (χ0v) is 19.2. The zero-order valence-electron chi connectivity index (χ0n) is 19.2. The Kier molecular flexibility index (Phi) is 7.92. The van der Waals surface area contributed by atoms with E-state index in [4.69, 9.17) is 14.2 Å². The molecule has 0 aromatic heterocycles. The highest BCUT2D eigenvalue weighted by Crippen LogP contribution is 2.18. The van der Waals surface area contributed by atoms with E-state index >= 15 is 0 Å². The topological polar surface area (TPSA) is 85.4 Å². The maximum atomic E-state index is 12.9. The summed E-state index contributed by atoms with van der Waals surface area (Å²) in [5.41, 5.74) is 0.952. The zero-order chi connectivity index (χ0) is 23.8. The van der Waals surface area contributed by atoms with Gasteiger partial charge in [-0.25, -0.2) is 14.4 Å². The van der Waals surface area contributed by atoms with Crippen LogP contribution in [0.25, 0.3) is 0 Å². The summed E-state index contributed by atoms with van der Waals surface area (Å²) in [6, 6.07) is 17.6.